The molecule has 1 amide bonds. The summed E-state index contributed by atoms with van der Waals surface area (Å²) in [5.41, 5.74) is 6.79. The second kappa shape index (κ2) is 12.8. The van der Waals surface area contributed by atoms with Crippen LogP contribution in [0.2, 0.25) is 0 Å². The molecule has 2 aromatic heterocycles. The highest BCUT2D eigenvalue weighted by Crippen LogP contribution is 2.37. The highest BCUT2D eigenvalue weighted by atomic mass is 35.5. The number of carbonyl (C=O) groups excluding carboxylic acids is 1. The van der Waals surface area contributed by atoms with Crippen molar-refractivity contribution in [2.45, 2.75) is 39.0 Å². The zero-order valence-electron chi connectivity index (χ0n) is 19.1. The topological polar surface area (TPSA) is 113 Å². The van der Waals surface area contributed by atoms with Crippen LogP contribution in [-0.4, -0.2) is 29.1 Å². The molecule has 36 heavy (non-hydrogen) atoms. The van der Waals surface area contributed by atoms with Gasteiger partial charge in [0.25, 0.3) is 5.91 Å². The Labute approximate surface area is 217 Å². The highest BCUT2D eigenvalue weighted by molar-refractivity contribution is 5.93. The van der Waals surface area contributed by atoms with Gasteiger partial charge in [-0.15, -0.1) is 24.8 Å². The standard InChI is InChI=1S/C23H23F3N4O4.2ClH/c1-12(27)20-19(21(31)29-10-16-6-5-15(24)9-28-16)30-22(34-20)14-4-7-17(33-23(25)26)18(8-14)32-11-13-2-3-13;;/h4-9,12-13,23H,2-3,10-11,27H2,1H3,(H,29,31);2*1H/t12-;;/m0../s1. The number of hydrogen-bond acceptors (Lipinski definition) is 7. The van der Waals surface area contributed by atoms with Gasteiger partial charge in [-0.2, -0.15) is 8.78 Å². The first-order valence-corrected chi connectivity index (χ1v) is 10.7. The Morgan fingerprint density at radius 3 is 2.58 bits per heavy atom. The van der Waals surface area contributed by atoms with Crippen molar-refractivity contribution in [1.82, 2.24) is 15.3 Å². The lowest BCUT2D eigenvalue weighted by Gasteiger charge is -2.12. The third-order valence-electron chi connectivity index (χ3n) is 5.08. The van der Waals surface area contributed by atoms with E-state index in [0.29, 0.717) is 23.8 Å². The summed E-state index contributed by atoms with van der Waals surface area (Å²) in [6.07, 6.45) is 3.09. The average molecular weight is 549 g/mol. The summed E-state index contributed by atoms with van der Waals surface area (Å²) in [7, 11) is 0. The first-order valence-electron chi connectivity index (χ1n) is 10.7. The Bertz CT molecular complexity index is 1160. The number of alkyl halides is 2. The van der Waals surface area contributed by atoms with Crippen molar-refractivity contribution in [2.75, 3.05) is 6.61 Å². The molecule has 1 atom stereocenters. The van der Waals surface area contributed by atoms with Crippen molar-refractivity contribution in [3.05, 3.63) is 59.5 Å². The molecule has 1 aliphatic rings. The molecule has 3 N–H and O–H groups in total. The molecule has 1 aromatic carbocycles. The maximum absolute atomic E-state index is 13.0. The first-order chi connectivity index (χ1) is 16.3. The van der Waals surface area contributed by atoms with Gasteiger partial charge in [-0.1, -0.05) is 0 Å². The Kier molecular flexibility index (Phi) is 10.4. The third kappa shape index (κ3) is 7.49. The molecule has 0 bridgehead atoms. The molecular weight excluding hydrogens is 524 g/mol. The van der Waals surface area contributed by atoms with Crippen molar-refractivity contribution in [3.8, 4) is 23.0 Å². The van der Waals surface area contributed by atoms with Crippen LogP contribution in [0.3, 0.4) is 0 Å². The van der Waals surface area contributed by atoms with Crippen molar-refractivity contribution >= 4 is 30.7 Å². The van der Waals surface area contributed by atoms with E-state index in [-0.39, 0.29) is 60.2 Å². The summed E-state index contributed by atoms with van der Waals surface area (Å²) in [5.74, 6) is -0.426. The zero-order valence-corrected chi connectivity index (χ0v) is 20.7. The Hall–Kier alpha value is -3.02. The Morgan fingerprint density at radius 2 is 1.97 bits per heavy atom. The van der Waals surface area contributed by atoms with Crippen molar-refractivity contribution in [1.29, 1.82) is 0 Å². The second-order valence-electron chi connectivity index (χ2n) is 7.97. The first kappa shape index (κ1) is 29.2. The molecule has 3 aromatic rings. The number of hydrogen-bond donors (Lipinski definition) is 2. The summed E-state index contributed by atoms with van der Waals surface area (Å²) in [4.78, 5) is 20.9. The monoisotopic (exact) mass is 548 g/mol. The van der Waals surface area contributed by atoms with Crippen LogP contribution in [-0.2, 0) is 6.54 Å². The van der Waals surface area contributed by atoms with Crippen LogP contribution < -0.4 is 20.5 Å². The van der Waals surface area contributed by atoms with E-state index in [4.69, 9.17) is 14.9 Å². The number of ether oxygens (including phenoxy) is 2. The molecule has 8 nitrogen and oxygen atoms in total. The number of nitrogens with zero attached hydrogens (tertiary/aromatic N) is 2. The molecule has 4 rings (SSSR count). The van der Waals surface area contributed by atoms with Gasteiger partial charge in [0.15, 0.2) is 23.0 Å². The van der Waals surface area contributed by atoms with Crippen LogP contribution >= 0.6 is 24.8 Å². The molecular formula is C23H25Cl2F3N4O4. The summed E-state index contributed by atoms with van der Waals surface area (Å²) < 4.78 is 54.6. The molecule has 1 fully saturated rings. The minimum Gasteiger partial charge on any atom is -0.489 e. The van der Waals surface area contributed by atoms with Crippen LogP contribution in [0.1, 0.15) is 47.7 Å². The number of halogens is 5. The number of aromatic nitrogens is 2. The molecule has 1 aliphatic carbocycles. The van der Waals surface area contributed by atoms with Gasteiger partial charge in [-0.05, 0) is 56.0 Å². The molecule has 196 valence electrons. The van der Waals surface area contributed by atoms with E-state index in [9.17, 15) is 18.0 Å². The number of rotatable bonds is 10. The largest absolute Gasteiger partial charge is 0.489 e. The zero-order chi connectivity index (χ0) is 24.2. The van der Waals surface area contributed by atoms with Crippen molar-refractivity contribution in [3.63, 3.8) is 0 Å². The van der Waals surface area contributed by atoms with Crippen LogP contribution in [0.4, 0.5) is 13.2 Å². The van der Waals surface area contributed by atoms with Gasteiger partial charge in [-0.3, -0.25) is 9.78 Å². The number of nitrogens with one attached hydrogen (secondary N) is 1. The molecule has 2 heterocycles. The lowest BCUT2D eigenvalue weighted by atomic mass is 10.2. The van der Waals surface area contributed by atoms with E-state index in [1.807, 2.05) is 0 Å². The Balaban J connectivity index is 0.00000228. The van der Waals surface area contributed by atoms with Crippen LogP contribution in [0.5, 0.6) is 11.5 Å². The minimum atomic E-state index is -3.01. The number of pyridine rings is 1. The van der Waals surface area contributed by atoms with Crippen molar-refractivity contribution in [2.24, 2.45) is 11.7 Å². The van der Waals surface area contributed by atoms with Gasteiger partial charge in [-0.25, -0.2) is 9.37 Å². The van der Waals surface area contributed by atoms with Gasteiger partial charge in [0.05, 0.1) is 31.1 Å². The molecule has 0 radical (unpaired) electrons. The molecule has 13 heteroatoms. The van der Waals surface area contributed by atoms with Gasteiger partial charge in [0.2, 0.25) is 5.89 Å². The fraction of sp³-hybridized carbons (Fsp3) is 0.348. The predicted octanol–water partition coefficient (Wildman–Crippen LogP) is 5.06. The summed E-state index contributed by atoms with van der Waals surface area (Å²) in [6, 6.07) is 6.31. The SMILES string of the molecule is C[C@H](N)c1oc(-c2ccc(OC(F)F)c(OCC3CC3)c2)nc1C(=O)NCc1ccc(F)cn1.Cl.Cl. The fourth-order valence-corrected chi connectivity index (χ4v) is 3.13. The third-order valence-corrected chi connectivity index (χ3v) is 5.08. The molecule has 0 aliphatic heterocycles. The van der Waals surface area contributed by atoms with E-state index in [0.717, 1.165) is 19.0 Å². The highest BCUT2D eigenvalue weighted by Gasteiger charge is 2.26. The van der Waals surface area contributed by atoms with Crippen LogP contribution in [0, 0.1) is 11.7 Å². The molecule has 0 unspecified atom stereocenters. The second-order valence-corrected chi connectivity index (χ2v) is 7.97. The van der Waals surface area contributed by atoms with Gasteiger partial charge in [0.1, 0.15) is 5.82 Å². The van der Waals surface area contributed by atoms with E-state index in [1.165, 1.54) is 30.3 Å². The number of carbonyl (C=O) groups is 1. The van der Waals surface area contributed by atoms with E-state index in [2.05, 4.69) is 20.0 Å². The van der Waals surface area contributed by atoms with Gasteiger partial charge >= 0.3 is 6.61 Å². The Morgan fingerprint density at radius 1 is 1.22 bits per heavy atom. The van der Waals surface area contributed by atoms with E-state index in [1.54, 1.807) is 6.92 Å². The maximum atomic E-state index is 13.0. The normalized spacial score (nSPS) is 13.4. The summed E-state index contributed by atoms with van der Waals surface area (Å²) >= 11 is 0. The quantitative estimate of drug-likeness (QED) is 0.364. The lowest BCUT2D eigenvalue weighted by Crippen LogP contribution is -2.25. The number of amides is 1. The van der Waals surface area contributed by atoms with Crippen molar-refractivity contribution < 1.29 is 31.9 Å². The summed E-state index contributed by atoms with van der Waals surface area (Å²) in [6.45, 7) is -0.957. The van der Waals surface area contributed by atoms with E-state index >= 15 is 0 Å². The minimum absolute atomic E-state index is 0. The maximum Gasteiger partial charge on any atom is 0.387 e. The number of oxazole rings is 1. The predicted molar refractivity (Wildman–Crippen MR) is 129 cm³/mol. The molecule has 0 saturated heterocycles. The van der Waals surface area contributed by atoms with Crippen LogP contribution in [0.15, 0.2) is 40.9 Å². The van der Waals surface area contributed by atoms with Gasteiger partial charge in [0, 0.05) is 5.56 Å². The number of benzene rings is 1. The fourth-order valence-electron chi connectivity index (χ4n) is 3.13. The summed E-state index contributed by atoms with van der Waals surface area (Å²) in [5, 5.41) is 2.65. The lowest BCUT2D eigenvalue weighted by molar-refractivity contribution is -0.0515. The van der Waals surface area contributed by atoms with E-state index < -0.39 is 24.4 Å². The molecule has 1 saturated carbocycles. The average Bonchev–Trinajstić information content (AvgIpc) is 3.52. The number of nitrogens with two attached hydrogens (primary N) is 1. The molecule has 0 spiro atoms. The van der Waals surface area contributed by atoms with Gasteiger partial charge < -0.3 is 24.9 Å². The smallest absolute Gasteiger partial charge is 0.387 e. The van der Waals surface area contributed by atoms with Crippen LogP contribution in [0.25, 0.3) is 11.5 Å².